The van der Waals surface area contributed by atoms with E-state index in [-0.39, 0.29) is 19.3 Å². The molecule has 0 unspecified atom stereocenters. The minimum Gasteiger partial charge on any atom is -0.375 e. The number of carbonyl (C=O) groups excluding carboxylic acids is 3. The Bertz CT molecular complexity index is 1210. The van der Waals surface area contributed by atoms with E-state index < -0.39 is 25.9 Å². The molecule has 0 bridgehead atoms. The average Bonchev–Trinajstić information content (AvgIpc) is 3.15. The lowest BCUT2D eigenvalue weighted by Gasteiger charge is -2.34. The van der Waals surface area contributed by atoms with Crippen molar-refractivity contribution in [3.05, 3.63) is 41.6 Å². The molecule has 2 heterocycles. The number of imide groups is 1. The first-order valence-electron chi connectivity index (χ1n) is 12.5. The number of benzene rings is 1. The van der Waals surface area contributed by atoms with Gasteiger partial charge in [0, 0.05) is 50.7 Å². The maximum Gasteiger partial charge on any atom is 0.333 e. The second kappa shape index (κ2) is 10.3. The van der Waals surface area contributed by atoms with Crippen LogP contribution in [0.3, 0.4) is 0 Å². The third-order valence-electron chi connectivity index (χ3n) is 7.08. The number of aliphatic imine (C=N–C) groups is 1. The number of nitrogens with zero attached hydrogens (tertiary/aromatic N) is 4. The lowest BCUT2D eigenvalue weighted by molar-refractivity contribution is -0.462. The first kappa shape index (κ1) is 25.8. The predicted octanol–water partition coefficient (Wildman–Crippen LogP) is 3.04. The Morgan fingerprint density at radius 1 is 1.11 bits per heavy atom. The third kappa shape index (κ3) is 5.26. The Balaban J connectivity index is 1.33. The van der Waals surface area contributed by atoms with Crippen LogP contribution in [0.15, 0.2) is 46.6 Å². The van der Waals surface area contributed by atoms with Crippen molar-refractivity contribution in [1.29, 1.82) is 0 Å². The van der Waals surface area contributed by atoms with E-state index in [0.29, 0.717) is 11.5 Å². The molecule has 0 radical (unpaired) electrons. The number of anilines is 1. The van der Waals surface area contributed by atoms with Crippen molar-refractivity contribution in [2.45, 2.75) is 51.6 Å². The van der Waals surface area contributed by atoms with E-state index in [0.717, 1.165) is 30.8 Å². The van der Waals surface area contributed by atoms with Crippen LogP contribution >= 0.6 is 0 Å². The number of hydrogen-bond donors (Lipinski definition) is 0. The molecule has 0 saturated carbocycles. The first-order valence-corrected chi connectivity index (χ1v) is 15.5. The Morgan fingerprint density at radius 2 is 1.83 bits per heavy atom. The lowest BCUT2D eigenvalue weighted by Crippen LogP contribution is -2.49. The summed E-state index contributed by atoms with van der Waals surface area (Å²) in [5.74, 6) is -1.42. The number of allylic oxidation sites excluding steroid dienone is 4. The largest absolute Gasteiger partial charge is 0.375 e. The van der Waals surface area contributed by atoms with Crippen LogP contribution in [0.1, 0.15) is 38.5 Å². The molecule has 36 heavy (non-hydrogen) atoms. The highest BCUT2D eigenvalue weighted by molar-refractivity contribution is 7.01. The monoisotopic (exact) mass is 507 g/mol. The van der Waals surface area contributed by atoms with Crippen molar-refractivity contribution in [3.63, 3.8) is 0 Å². The van der Waals surface area contributed by atoms with E-state index >= 15 is 0 Å². The predicted molar refractivity (Wildman–Crippen MR) is 144 cm³/mol. The lowest BCUT2D eigenvalue weighted by atomic mass is 10.1. The molecule has 8 nitrogen and oxygen atoms in total. The van der Waals surface area contributed by atoms with Gasteiger partial charge in [0.2, 0.25) is 0 Å². The van der Waals surface area contributed by atoms with Gasteiger partial charge in [-0.1, -0.05) is 19.5 Å². The zero-order valence-corrected chi connectivity index (χ0v) is 22.8. The highest BCUT2D eigenvalue weighted by atomic mass is 28.3. The Labute approximate surface area is 213 Å². The van der Waals surface area contributed by atoms with Crippen molar-refractivity contribution in [2.24, 2.45) is 4.99 Å². The fraction of sp³-hybridized carbons (Fsp3) is 0.444. The van der Waals surface area contributed by atoms with Gasteiger partial charge in [0.15, 0.2) is 5.71 Å². The highest BCUT2D eigenvalue weighted by Gasteiger charge is 2.38. The molecule has 3 aliphatic rings. The van der Waals surface area contributed by atoms with E-state index in [1.165, 1.54) is 21.8 Å². The summed E-state index contributed by atoms with van der Waals surface area (Å²) in [5, 5.41) is 3.33. The maximum atomic E-state index is 12.0. The van der Waals surface area contributed by atoms with Crippen LogP contribution < -0.4 is 10.1 Å². The number of fused-ring (bicyclic) bond motifs is 2. The summed E-state index contributed by atoms with van der Waals surface area (Å²) in [5.41, 5.74) is 4.52. The van der Waals surface area contributed by atoms with Crippen molar-refractivity contribution in [3.8, 4) is 0 Å². The van der Waals surface area contributed by atoms with E-state index in [1.807, 2.05) is 0 Å². The second-order valence-corrected chi connectivity index (χ2v) is 14.6. The third-order valence-corrected chi connectivity index (χ3v) is 10.6. The SMILES string of the molecule is CN(CCCCCC(=O)ON1C(=O)CCC1=O)c1ccc2c(c1)[Si](C)(C)C1=CC(=[N+](C)C)C=CC1=N2. The Kier molecular flexibility index (Phi) is 7.40. The molecule has 190 valence electrons. The molecule has 2 aliphatic heterocycles. The smallest absolute Gasteiger partial charge is 0.333 e. The summed E-state index contributed by atoms with van der Waals surface area (Å²) >= 11 is 0. The Hall–Kier alpha value is -3.33. The van der Waals surface area contributed by atoms with Crippen LogP contribution in [-0.2, 0) is 19.2 Å². The van der Waals surface area contributed by atoms with Crippen molar-refractivity contribution in [2.75, 3.05) is 32.6 Å². The van der Waals surface area contributed by atoms with E-state index in [2.05, 4.69) is 80.1 Å². The minimum absolute atomic E-state index is 0.110. The van der Waals surface area contributed by atoms with Crippen molar-refractivity contribution >= 4 is 53.8 Å². The number of amides is 2. The van der Waals surface area contributed by atoms with Gasteiger partial charge in [0.1, 0.15) is 22.2 Å². The molecule has 1 aliphatic carbocycles. The molecule has 9 heteroatoms. The number of unbranched alkanes of at least 4 members (excludes halogenated alkanes) is 2. The van der Waals surface area contributed by atoms with Gasteiger partial charge in [-0.05, 0) is 47.5 Å². The normalized spacial score (nSPS) is 17.9. The maximum absolute atomic E-state index is 12.0. The van der Waals surface area contributed by atoms with Gasteiger partial charge >= 0.3 is 5.97 Å². The first-order chi connectivity index (χ1) is 17.1. The van der Waals surface area contributed by atoms with Gasteiger partial charge in [-0.3, -0.25) is 9.59 Å². The van der Waals surface area contributed by atoms with Gasteiger partial charge < -0.3 is 9.74 Å². The van der Waals surface area contributed by atoms with Crippen LogP contribution in [0, 0.1) is 0 Å². The van der Waals surface area contributed by atoms with Crippen molar-refractivity contribution < 1.29 is 23.8 Å². The summed E-state index contributed by atoms with van der Waals surface area (Å²) in [6, 6.07) is 6.57. The molecule has 1 aromatic rings. The average molecular weight is 508 g/mol. The van der Waals surface area contributed by atoms with Gasteiger partial charge in [-0.2, -0.15) is 0 Å². The van der Waals surface area contributed by atoms with Gasteiger partial charge in [-0.25, -0.2) is 14.4 Å². The van der Waals surface area contributed by atoms with Crippen LogP contribution in [-0.4, -0.2) is 74.6 Å². The van der Waals surface area contributed by atoms with Gasteiger partial charge in [-0.15, -0.1) is 5.06 Å². The quantitative estimate of drug-likeness (QED) is 0.178. The summed E-state index contributed by atoms with van der Waals surface area (Å²) in [4.78, 5) is 47.2. The fourth-order valence-corrected chi connectivity index (χ4v) is 7.63. The number of hydroxylamine groups is 2. The van der Waals surface area contributed by atoms with Crippen molar-refractivity contribution in [1.82, 2.24) is 5.06 Å². The molecule has 0 spiro atoms. The van der Waals surface area contributed by atoms with Crippen LogP contribution in [0.2, 0.25) is 13.1 Å². The zero-order valence-electron chi connectivity index (χ0n) is 21.8. The van der Waals surface area contributed by atoms with E-state index in [9.17, 15) is 14.4 Å². The van der Waals surface area contributed by atoms with Crippen LogP contribution in [0.5, 0.6) is 0 Å². The number of rotatable bonds is 8. The Morgan fingerprint density at radius 3 is 2.53 bits per heavy atom. The molecule has 0 aromatic heterocycles. The molecule has 0 atom stereocenters. The standard InChI is InChI=1S/C27H35N4O4Si/c1-29(2)19-10-12-21-23(17-19)36(4,5)24-18-20(11-13-22(24)28-21)30(3)16-8-6-7-9-27(34)35-31-25(32)14-15-26(31)33/h10-13,17-18H,6-9,14-16H2,1-5H3/q+1. The fourth-order valence-electron chi connectivity index (χ4n) is 4.76. The molecule has 2 amide bonds. The highest BCUT2D eigenvalue weighted by Crippen LogP contribution is 2.32. The molecule has 0 N–H and O–H groups in total. The molecular formula is C27H35N4O4Si+. The summed E-state index contributed by atoms with van der Waals surface area (Å²) in [6.45, 7) is 5.65. The minimum atomic E-state index is -1.92. The summed E-state index contributed by atoms with van der Waals surface area (Å²) in [6.07, 6.45) is 9.39. The molecule has 1 aromatic carbocycles. The number of carbonyl (C=O) groups is 3. The zero-order chi connectivity index (χ0) is 26.0. The number of hydrogen-bond acceptors (Lipinski definition) is 6. The molecular weight excluding hydrogens is 472 g/mol. The molecule has 1 fully saturated rings. The van der Waals surface area contributed by atoms with Gasteiger partial charge in [0.25, 0.3) is 11.8 Å². The summed E-state index contributed by atoms with van der Waals surface area (Å²) < 4.78 is 2.13. The molecule has 4 rings (SSSR count). The second-order valence-electron chi connectivity index (χ2n) is 10.3. The topological polar surface area (TPSA) is 82.3 Å². The molecule has 1 saturated heterocycles. The van der Waals surface area contributed by atoms with Crippen LogP contribution in [0.25, 0.3) is 0 Å². The van der Waals surface area contributed by atoms with E-state index in [4.69, 9.17) is 9.83 Å². The van der Waals surface area contributed by atoms with Gasteiger partial charge in [0.05, 0.1) is 11.4 Å². The van der Waals surface area contributed by atoms with Crippen LogP contribution in [0.4, 0.5) is 11.4 Å². The summed E-state index contributed by atoms with van der Waals surface area (Å²) in [7, 11) is 4.30. The van der Waals surface area contributed by atoms with E-state index in [1.54, 1.807) is 0 Å².